The molecule has 0 radical (unpaired) electrons. The molecule has 40 heavy (non-hydrogen) atoms. The maximum absolute atomic E-state index is 13.3. The molecule has 0 aliphatic rings. The molecule has 0 unspecified atom stereocenters. The van der Waals surface area contributed by atoms with E-state index in [2.05, 4.69) is 16.0 Å². The van der Waals surface area contributed by atoms with Crippen molar-refractivity contribution in [1.82, 2.24) is 16.0 Å². The van der Waals surface area contributed by atoms with E-state index >= 15 is 0 Å². The second-order valence-electron chi connectivity index (χ2n) is 9.85. The van der Waals surface area contributed by atoms with Gasteiger partial charge in [-0.15, -0.1) is 0 Å². The summed E-state index contributed by atoms with van der Waals surface area (Å²) in [7, 11) is 0. The van der Waals surface area contributed by atoms with Crippen molar-refractivity contribution in [3.8, 4) is 5.75 Å². The molecule has 3 amide bonds. The number of carbonyl (C=O) groups excluding carboxylic acids is 4. The van der Waals surface area contributed by atoms with Gasteiger partial charge in [0.25, 0.3) is 5.91 Å². The van der Waals surface area contributed by atoms with E-state index in [0.717, 1.165) is 11.1 Å². The van der Waals surface area contributed by atoms with E-state index in [1.165, 1.54) is 12.1 Å². The number of Topliss-reactive ketones (excluding diaryl/α,β-unsaturated/α-hetero) is 1. The van der Waals surface area contributed by atoms with Crippen molar-refractivity contribution in [2.24, 2.45) is 5.92 Å². The van der Waals surface area contributed by atoms with Crippen molar-refractivity contribution in [3.05, 3.63) is 102 Å². The van der Waals surface area contributed by atoms with E-state index in [4.69, 9.17) is 4.74 Å². The van der Waals surface area contributed by atoms with Crippen molar-refractivity contribution in [2.75, 3.05) is 0 Å². The average molecular weight is 546 g/mol. The summed E-state index contributed by atoms with van der Waals surface area (Å²) in [6.07, 6.45) is -0.477. The van der Waals surface area contributed by atoms with Crippen LogP contribution in [-0.4, -0.2) is 40.9 Å². The molecule has 0 bridgehead atoms. The number of hydrogen-bond acceptors (Lipinski definition) is 6. The van der Waals surface area contributed by atoms with Crippen molar-refractivity contribution < 1.29 is 29.0 Å². The van der Waals surface area contributed by atoms with Gasteiger partial charge in [0.1, 0.15) is 24.4 Å². The first kappa shape index (κ1) is 29.9. The number of carbonyl (C=O) groups is 4. The molecule has 9 nitrogen and oxygen atoms in total. The fourth-order valence-corrected chi connectivity index (χ4v) is 3.98. The van der Waals surface area contributed by atoms with Gasteiger partial charge in [0, 0.05) is 13.0 Å². The van der Waals surface area contributed by atoms with Crippen LogP contribution in [0.2, 0.25) is 0 Å². The predicted molar refractivity (Wildman–Crippen MR) is 150 cm³/mol. The zero-order chi connectivity index (χ0) is 28.9. The summed E-state index contributed by atoms with van der Waals surface area (Å²) in [6.45, 7) is 3.98. The lowest BCUT2D eigenvalue weighted by Crippen LogP contribution is -2.54. The summed E-state index contributed by atoms with van der Waals surface area (Å²) in [6, 6.07) is 22.2. The number of ketones is 1. The largest absolute Gasteiger partial charge is 0.508 e. The molecule has 2 atom stereocenters. The monoisotopic (exact) mass is 545 g/mol. The Bertz CT molecular complexity index is 1260. The Morgan fingerprint density at radius 1 is 0.750 bits per heavy atom. The van der Waals surface area contributed by atoms with Crippen molar-refractivity contribution in [1.29, 1.82) is 0 Å². The summed E-state index contributed by atoms with van der Waals surface area (Å²) < 4.78 is 5.28. The zero-order valence-electron chi connectivity index (χ0n) is 22.6. The van der Waals surface area contributed by atoms with Gasteiger partial charge >= 0.3 is 6.09 Å². The molecule has 0 aliphatic heterocycles. The number of hydrogen-bond donors (Lipinski definition) is 4. The number of nitrogens with one attached hydrogen (secondary N) is 3. The minimum absolute atomic E-state index is 0.0104. The number of phenols is 1. The highest BCUT2D eigenvalue weighted by atomic mass is 16.5. The molecule has 3 rings (SSSR count). The Balaban J connectivity index is 1.70. The number of benzene rings is 3. The van der Waals surface area contributed by atoms with Crippen LogP contribution in [-0.2, 0) is 38.7 Å². The summed E-state index contributed by atoms with van der Waals surface area (Å²) in [4.78, 5) is 51.9. The van der Waals surface area contributed by atoms with Crippen molar-refractivity contribution >= 4 is 23.7 Å². The topological polar surface area (TPSA) is 134 Å². The van der Waals surface area contributed by atoms with Crippen LogP contribution < -0.4 is 16.0 Å². The SMILES string of the molecule is CC(C)C[C@H](NC(=O)OCc1ccccc1)C(=O)N[C@@H](Cc1ccc(O)cc1)C(=O)C(=O)NCc1ccccc1. The zero-order valence-corrected chi connectivity index (χ0v) is 22.6. The normalized spacial score (nSPS) is 12.2. The minimum atomic E-state index is -1.20. The number of alkyl carbamates (subject to hydrolysis) is 1. The molecule has 0 saturated heterocycles. The fraction of sp³-hybridized carbons (Fsp3) is 0.290. The molecule has 0 heterocycles. The van der Waals surface area contributed by atoms with Gasteiger partial charge in [-0.3, -0.25) is 14.4 Å². The van der Waals surface area contributed by atoms with Gasteiger partial charge in [-0.25, -0.2) is 4.79 Å². The van der Waals surface area contributed by atoms with E-state index in [0.29, 0.717) is 5.56 Å². The Hall–Kier alpha value is -4.66. The molecule has 3 aromatic carbocycles. The Morgan fingerprint density at radius 3 is 1.95 bits per heavy atom. The lowest BCUT2D eigenvalue weighted by atomic mass is 9.99. The average Bonchev–Trinajstić information content (AvgIpc) is 2.95. The minimum Gasteiger partial charge on any atom is -0.508 e. The summed E-state index contributed by atoms with van der Waals surface area (Å²) in [5.74, 6) is -2.20. The standard InChI is InChI=1S/C31H35N3O6/c1-21(2)17-27(34-31(39)40-20-24-11-7-4-8-12-24)29(37)33-26(18-22-13-15-25(35)16-14-22)28(36)30(38)32-19-23-9-5-3-6-10-23/h3-16,21,26-27,35H,17-20H2,1-2H3,(H,32,38)(H,33,37)(H,34,39)/t26-,27-/m0/s1. The van der Waals surface area contributed by atoms with E-state index in [9.17, 15) is 24.3 Å². The Morgan fingerprint density at radius 2 is 1.35 bits per heavy atom. The molecular formula is C31H35N3O6. The summed E-state index contributed by atoms with van der Waals surface area (Å²) in [5, 5.41) is 17.5. The Kier molecular flexibility index (Phi) is 11.3. The first-order valence-electron chi connectivity index (χ1n) is 13.1. The van der Waals surface area contributed by atoms with Gasteiger partial charge in [0.2, 0.25) is 11.7 Å². The molecule has 0 saturated carbocycles. The van der Waals surface area contributed by atoms with Crippen molar-refractivity contribution in [3.63, 3.8) is 0 Å². The third-order valence-corrected chi connectivity index (χ3v) is 6.06. The smallest absolute Gasteiger partial charge is 0.408 e. The third kappa shape index (κ3) is 9.90. The van der Waals surface area contributed by atoms with Crippen molar-refractivity contribution in [2.45, 2.75) is 51.9 Å². The van der Waals surface area contributed by atoms with Crippen LogP contribution in [0.25, 0.3) is 0 Å². The van der Waals surface area contributed by atoms with Crippen LogP contribution in [0.3, 0.4) is 0 Å². The highest BCUT2D eigenvalue weighted by molar-refractivity contribution is 6.38. The van der Waals surface area contributed by atoms with E-state index in [1.54, 1.807) is 12.1 Å². The van der Waals surface area contributed by atoms with E-state index < -0.39 is 35.8 Å². The second-order valence-corrected chi connectivity index (χ2v) is 9.85. The van der Waals surface area contributed by atoms with Gasteiger partial charge < -0.3 is 25.8 Å². The number of amides is 3. The van der Waals surface area contributed by atoms with Crippen LogP contribution in [0.4, 0.5) is 4.79 Å². The predicted octanol–water partition coefficient (Wildman–Crippen LogP) is 3.65. The highest BCUT2D eigenvalue weighted by Gasteiger charge is 2.31. The summed E-state index contributed by atoms with van der Waals surface area (Å²) in [5.41, 5.74) is 2.24. The molecule has 0 fully saturated rings. The molecule has 0 aromatic heterocycles. The number of phenolic OH excluding ortho intramolecular Hbond substituents is 1. The second kappa shape index (κ2) is 15.1. The van der Waals surface area contributed by atoms with Crippen LogP contribution in [0.15, 0.2) is 84.9 Å². The van der Waals surface area contributed by atoms with Gasteiger partial charge in [-0.05, 0) is 41.2 Å². The molecular weight excluding hydrogens is 510 g/mol. The van der Waals surface area contributed by atoms with Crippen LogP contribution in [0.1, 0.15) is 37.0 Å². The van der Waals surface area contributed by atoms with E-state index in [-0.39, 0.29) is 37.7 Å². The van der Waals surface area contributed by atoms with Gasteiger partial charge in [0.15, 0.2) is 0 Å². The van der Waals surface area contributed by atoms with Crippen LogP contribution in [0, 0.1) is 5.92 Å². The summed E-state index contributed by atoms with van der Waals surface area (Å²) >= 11 is 0. The lowest BCUT2D eigenvalue weighted by Gasteiger charge is -2.24. The molecule has 4 N–H and O–H groups in total. The fourth-order valence-electron chi connectivity index (χ4n) is 3.98. The van der Waals surface area contributed by atoms with Gasteiger partial charge in [-0.1, -0.05) is 86.6 Å². The molecule has 0 spiro atoms. The number of aromatic hydroxyl groups is 1. The van der Waals surface area contributed by atoms with Crippen LogP contribution >= 0.6 is 0 Å². The molecule has 0 aliphatic carbocycles. The maximum Gasteiger partial charge on any atom is 0.408 e. The molecule has 3 aromatic rings. The van der Waals surface area contributed by atoms with Gasteiger partial charge in [0.05, 0.1) is 0 Å². The molecule has 9 heteroatoms. The van der Waals surface area contributed by atoms with Crippen LogP contribution in [0.5, 0.6) is 5.75 Å². The third-order valence-electron chi connectivity index (χ3n) is 6.06. The first-order chi connectivity index (χ1) is 19.2. The number of rotatable bonds is 13. The maximum atomic E-state index is 13.3. The van der Waals surface area contributed by atoms with Gasteiger partial charge in [-0.2, -0.15) is 0 Å². The molecule has 210 valence electrons. The first-order valence-corrected chi connectivity index (χ1v) is 13.1. The lowest BCUT2D eigenvalue weighted by molar-refractivity contribution is -0.140. The van der Waals surface area contributed by atoms with E-state index in [1.807, 2.05) is 74.5 Å². The quantitative estimate of drug-likeness (QED) is 0.242. The Labute approximate surface area is 233 Å². The number of ether oxygens (including phenoxy) is 1. The highest BCUT2D eigenvalue weighted by Crippen LogP contribution is 2.13.